The third kappa shape index (κ3) is 3.11. The third-order valence-corrected chi connectivity index (χ3v) is 3.58. The molecule has 0 radical (unpaired) electrons. The van der Waals surface area contributed by atoms with E-state index >= 15 is 0 Å². The minimum Gasteiger partial charge on any atom is -0.378 e. The summed E-state index contributed by atoms with van der Waals surface area (Å²) in [4.78, 5) is 2.16. The Balaban J connectivity index is 2.33. The van der Waals surface area contributed by atoms with Crippen molar-refractivity contribution in [3.63, 3.8) is 0 Å². The average Bonchev–Trinajstić information content (AvgIpc) is 2.30. The van der Waals surface area contributed by atoms with Gasteiger partial charge in [-0.1, -0.05) is 0 Å². The summed E-state index contributed by atoms with van der Waals surface area (Å²) in [5.41, 5.74) is 6.20. The lowest BCUT2D eigenvalue weighted by molar-refractivity contribution is -0.0713. The van der Waals surface area contributed by atoms with Crippen molar-refractivity contribution in [1.29, 1.82) is 0 Å². The van der Waals surface area contributed by atoms with Crippen molar-refractivity contribution in [3.8, 4) is 0 Å². The molecule has 1 unspecified atom stereocenters. The lowest BCUT2D eigenvalue weighted by atomic mass is 9.95. The summed E-state index contributed by atoms with van der Waals surface area (Å²) in [6.07, 6.45) is 0. The molecule has 3 nitrogen and oxygen atoms in total. The third-order valence-electron chi connectivity index (χ3n) is 3.58. The van der Waals surface area contributed by atoms with Gasteiger partial charge in [-0.05, 0) is 31.5 Å². The van der Waals surface area contributed by atoms with Gasteiger partial charge in [0.25, 0.3) is 0 Å². The Kier molecular flexibility index (Phi) is 4.18. The average molecular weight is 270 g/mol. The van der Waals surface area contributed by atoms with E-state index in [2.05, 4.69) is 4.90 Å². The molecule has 106 valence electrons. The highest BCUT2D eigenvalue weighted by molar-refractivity contribution is 5.22. The van der Waals surface area contributed by atoms with E-state index in [9.17, 15) is 8.78 Å². The first kappa shape index (κ1) is 14.4. The molecule has 0 amide bonds. The lowest BCUT2D eigenvalue weighted by Crippen LogP contribution is -2.55. The second kappa shape index (κ2) is 5.53. The Morgan fingerprint density at radius 1 is 1.32 bits per heavy atom. The smallest absolute Gasteiger partial charge is 0.126 e. The second-order valence-corrected chi connectivity index (χ2v) is 5.51. The Bertz CT molecular complexity index is 431. The van der Waals surface area contributed by atoms with Crippen LogP contribution in [0.15, 0.2) is 18.2 Å². The van der Waals surface area contributed by atoms with Gasteiger partial charge in [-0.25, -0.2) is 8.78 Å². The molecule has 1 aromatic rings. The minimum absolute atomic E-state index is 0.203. The van der Waals surface area contributed by atoms with Crippen molar-refractivity contribution in [2.24, 2.45) is 5.73 Å². The van der Waals surface area contributed by atoms with Crippen LogP contribution < -0.4 is 5.73 Å². The van der Waals surface area contributed by atoms with Crippen LogP contribution >= 0.6 is 0 Å². The highest BCUT2D eigenvalue weighted by atomic mass is 19.1. The molecule has 0 aromatic heterocycles. The highest BCUT2D eigenvalue weighted by Gasteiger charge is 2.35. The zero-order valence-electron chi connectivity index (χ0n) is 11.3. The van der Waals surface area contributed by atoms with Gasteiger partial charge >= 0.3 is 0 Å². The number of morpholine rings is 1. The van der Waals surface area contributed by atoms with Crippen LogP contribution in [0.5, 0.6) is 0 Å². The van der Waals surface area contributed by atoms with Gasteiger partial charge in [-0.2, -0.15) is 0 Å². The van der Waals surface area contributed by atoms with Gasteiger partial charge in [0.1, 0.15) is 11.6 Å². The van der Waals surface area contributed by atoms with Crippen LogP contribution in [0.1, 0.15) is 25.5 Å². The zero-order chi connectivity index (χ0) is 14.0. The zero-order valence-corrected chi connectivity index (χ0v) is 11.3. The minimum atomic E-state index is -0.570. The van der Waals surface area contributed by atoms with Crippen LogP contribution in [0.4, 0.5) is 8.78 Å². The number of hydrogen-bond acceptors (Lipinski definition) is 3. The lowest BCUT2D eigenvalue weighted by Gasteiger charge is -2.46. The van der Waals surface area contributed by atoms with Crippen LogP contribution in [0.2, 0.25) is 0 Å². The number of nitrogens with two attached hydrogens (primary N) is 1. The monoisotopic (exact) mass is 270 g/mol. The SMILES string of the molecule is CC1(C)COCCN1C(CN)c1cc(F)cc(F)c1. The summed E-state index contributed by atoms with van der Waals surface area (Å²) in [5, 5.41) is 0. The number of benzene rings is 1. The van der Waals surface area contributed by atoms with Crippen LogP contribution in [0.25, 0.3) is 0 Å². The predicted octanol–water partition coefficient (Wildman–Crippen LogP) is 2.08. The maximum Gasteiger partial charge on any atom is 0.126 e. The number of halogens is 2. The molecule has 2 rings (SSSR count). The molecule has 1 atom stereocenters. The Hall–Kier alpha value is -1.04. The van der Waals surface area contributed by atoms with E-state index in [-0.39, 0.29) is 11.6 Å². The van der Waals surface area contributed by atoms with Gasteiger partial charge in [0.05, 0.1) is 13.2 Å². The molecule has 5 heteroatoms. The first-order valence-electron chi connectivity index (χ1n) is 6.44. The first-order valence-corrected chi connectivity index (χ1v) is 6.44. The van der Waals surface area contributed by atoms with Gasteiger partial charge < -0.3 is 10.5 Å². The van der Waals surface area contributed by atoms with Crippen LogP contribution in [-0.2, 0) is 4.74 Å². The molecular formula is C14H20F2N2O. The first-order chi connectivity index (χ1) is 8.94. The molecule has 1 aliphatic rings. The topological polar surface area (TPSA) is 38.5 Å². The highest BCUT2D eigenvalue weighted by Crippen LogP contribution is 2.30. The molecule has 0 bridgehead atoms. The van der Waals surface area contributed by atoms with Crippen molar-refractivity contribution < 1.29 is 13.5 Å². The molecule has 19 heavy (non-hydrogen) atoms. The molecule has 1 heterocycles. The fourth-order valence-corrected chi connectivity index (χ4v) is 2.66. The fraction of sp³-hybridized carbons (Fsp3) is 0.571. The summed E-state index contributed by atoms with van der Waals surface area (Å²) in [5.74, 6) is -1.14. The number of hydrogen-bond donors (Lipinski definition) is 1. The van der Waals surface area contributed by atoms with E-state index in [0.717, 1.165) is 6.07 Å². The Morgan fingerprint density at radius 2 is 1.95 bits per heavy atom. The molecule has 1 saturated heterocycles. The van der Waals surface area contributed by atoms with Gasteiger partial charge in [0.15, 0.2) is 0 Å². The summed E-state index contributed by atoms with van der Waals surface area (Å²) in [6.45, 7) is 6.30. The van der Waals surface area contributed by atoms with Gasteiger partial charge in [0, 0.05) is 30.7 Å². The predicted molar refractivity (Wildman–Crippen MR) is 69.8 cm³/mol. The van der Waals surface area contributed by atoms with Crippen molar-refractivity contribution >= 4 is 0 Å². The molecule has 1 aromatic carbocycles. The van der Waals surface area contributed by atoms with Crippen molar-refractivity contribution in [1.82, 2.24) is 4.90 Å². The van der Waals surface area contributed by atoms with E-state index in [1.165, 1.54) is 12.1 Å². The maximum atomic E-state index is 13.4. The van der Waals surface area contributed by atoms with E-state index < -0.39 is 11.6 Å². The molecular weight excluding hydrogens is 250 g/mol. The van der Waals surface area contributed by atoms with Crippen molar-refractivity contribution in [3.05, 3.63) is 35.4 Å². The van der Waals surface area contributed by atoms with Crippen LogP contribution in [0, 0.1) is 11.6 Å². The Labute approximate surface area is 112 Å². The quantitative estimate of drug-likeness (QED) is 0.914. The summed E-state index contributed by atoms with van der Waals surface area (Å²) < 4.78 is 32.2. The number of nitrogens with zero attached hydrogens (tertiary/aromatic N) is 1. The molecule has 1 fully saturated rings. The van der Waals surface area contributed by atoms with Gasteiger partial charge in [0.2, 0.25) is 0 Å². The molecule has 0 aliphatic carbocycles. The Morgan fingerprint density at radius 3 is 2.47 bits per heavy atom. The van der Waals surface area contributed by atoms with Crippen LogP contribution in [0.3, 0.4) is 0 Å². The summed E-state index contributed by atoms with van der Waals surface area (Å²) >= 11 is 0. The fourth-order valence-electron chi connectivity index (χ4n) is 2.66. The van der Waals surface area contributed by atoms with E-state index in [1.807, 2.05) is 13.8 Å². The summed E-state index contributed by atoms with van der Waals surface area (Å²) in [6, 6.07) is 3.38. The molecule has 0 spiro atoms. The normalized spacial score (nSPS) is 21.3. The van der Waals surface area contributed by atoms with Crippen molar-refractivity contribution in [2.45, 2.75) is 25.4 Å². The van der Waals surface area contributed by atoms with E-state index in [1.54, 1.807) is 0 Å². The van der Waals surface area contributed by atoms with E-state index in [4.69, 9.17) is 10.5 Å². The van der Waals surface area contributed by atoms with Crippen LogP contribution in [-0.4, -0.2) is 36.7 Å². The standard InChI is InChI=1S/C14H20F2N2O/c1-14(2)9-19-4-3-18(14)13(8-17)10-5-11(15)7-12(16)6-10/h5-7,13H,3-4,8-9,17H2,1-2H3. The molecule has 2 N–H and O–H groups in total. The molecule has 1 aliphatic heterocycles. The molecule has 0 saturated carbocycles. The maximum absolute atomic E-state index is 13.4. The summed E-state index contributed by atoms with van der Waals surface area (Å²) in [7, 11) is 0. The van der Waals surface area contributed by atoms with Gasteiger partial charge in [-0.15, -0.1) is 0 Å². The number of rotatable bonds is 3. The largest absolute Gasteiger partial charge is 0.378 e. The second-order valence-electron chi connectivity index (χ2n) is 5.51. The number of ether oxygens (including phenoxy) is 1. The van der Waals surface area contributed by atoms with E-state index in [0.29, 0.717) is 31.9 Å². The van der Waals surface area contributed by atoms with Gasteiger partial charge in [-0.3, -0.25) is 4.90 Å². The van der Waals surface area contributed by atoms with Crippen molar-refractivity contribution in [2.75, 3.05) is 26.3 Å².